The first kappa shape index (κ1) is 15.4. The highest BCUT2D eigenvalue weighted by atomic mass is 35.5. The molecule has 110 valence electrons. The number of hydrogen-bond acceptors (Lipinski definition) is 3. The number of nitrogens with zero attached hydrogens (tertiary/aromatic N) is 2. The molecule has 0 radical (unpaired) electrons. The second-order valence-corrected chi connectivity index (χ2v) is 5.67. The summed E-state index contributed by atoms with van der Waals surface area (Å²) in [5, 5.41) is 0.744. The number of rotatable bonds is 6. The van der Waals surface area contributed by atoms with Crippen molar-refractivity contribution in [1.82, 2.24) is 9.80 Å². The van der Waals surface area contributed by atoms with Crippen LogP contribution in [0.15, 0.2) is 30.9 Å². The van der Waals surface area contributed by atoms with Gasteiger partial charge >= 0.3 is 0 Å². The van der Waals surface area contributed by atoms with E-state index in [1.165, 1.54) is 0 Å². The van der Waals surface area contributed by atoms with Crippen LogP contribution in [-0.2, 0) is 6.42 Å². The van der Waals surface area contributed by atoms with Crippen molar-refractivity contribution >= 4 is 11.6 Å². The molecule has 1 heterocycles. The molecule has 0 aromatic heterocycles. The minimum Gasteiger partial charge on any atom is -0.492 e. The van der Waals surface area contributed by atoms with Crippen molar-refractivity contribution in [3.05, 3.63) is 41.4 Å². The van der Waals surface area contributed by atoms with E-state index >= 15 is 0 Å². The van der Waals surface area contributed by atoms with Gasteiger partial charge in [0.1, 0.15) is 12.4 Å². The van der Waals surface area contributed by atoms with Gasteiger partial charge in [0.15, 0.2) is 0 Å². The Hall–Kier alpha value is -1.03. The fourth-order valence-corrected chi connectivity index (χ4v) is 2.55. The summed E-state index contributed by atoms with van der Waals surface area (Å²) in [6.45, 7) is 10.0. The zero-order chi connectivity index (χ0) is 14.4. The number of halogens is 1. The minimum absolute atomic E-state index is 0.718. The van der Waals surface area contributed by atoms with Gasteiger partial charge in [-0.3, -0.25) is 4.90 Å². The molecule has 0 atom stereocenters. The molecular formula is C16H23ClN2O. The standard InChI is InChI=1S/C16H23ClN2O/c1-3-4-14-13-15(17)5-6-16(14)20-12-11-19-9-7-18(2)8-10-19/h3,5-6,13H,1,4,7-12H2,2H3. The molecule has 1 aromatic carbocycles. The molecule has 1 saturated heterocycles. The molecule has 3 nitrogen and oxygen atoms in total. The lowest BCUT2D eigenvalue weighted by Gasteiger charge is -2.32. The summed E-state index contributed by atoms with van der Waals surface area (Å²) in [5.41, 5.74) is 1.10. The lowest BCUT2D eigenvalue weighted by atomic mass is 10.1. The Balaban J connectivity index is 1.83. The maximum Gasteiger partial charge on any atom is 0.122 e. The maximum atomic E-state index is 6.02. The van der Waals surface area contributed by atoms with Crippen LogP contribution in [0.1, 0.15) is 5.56 Å². The van der Waals surface area contributed by atoms with Gasteiger partial charge in [-0.2, -0.15) is 0 Å². The molecule has 0 unspecified atom stereocenters. The highest BCUT2D eigenvalue weighted by molar-refractivity contribution is 6.30. The van der Waals surface area contributed by atoms with Gasteiger partial charge < -0.3 is 9.64 Å². The van der Waals surface area contributed by atoms with Crippen molar-refractivity contribution in [2.75, 3.05) is 46.4 Å². The molecule has 1 aromatic rings. The minimum atomic E-state index is 0.718. The van der Waals surface area contributed by atoms with Gasteiger partial charge in [-0.25, -0.2) is 0 Å². The SMILES string of the molecule is C=CCc1cc(Cl)ccc1OCCN1CCN(C)CC1. The Morgan fingerprint density at radius 3 is 2.75 bits per heavy atom. The van der Waals surface area contributed by atoms with E-state index in [2.05, 4.69) is 23.4 Å². The zero-order valence-electron chi connectivity index (χ0n) is 12.1. The van der Waals surface area contributed by atoms with Gasteiger partial charge in [0.05, 0.1) is 0 Å². The van der Waals surface area contributed by atoms with Crippen molar-refractivity contribution < 1.29 is 4.74 Å². The quantitative estimate of drug-likeness (QED) is 0.750. The Morgan fingerprint density at radius 1 is 1.30 bits per heavy atom. The maximum absolute atomic E-state index is 6.02. The van der Waals surface area contributed by atoms with Crippen LogP contribution in [0.4, 0.5) is 0 Å². The van der Waals surface area contributed by atoms with Crippen LogP contribution in [0.5, 0.6) is 5.75 Å². The fraction of sp³-hybridized carbons (Fsp3) is 0.500. The molecule has 4 heteroatoms. The third-order valence-corrected chi connectivity index (χ3v) is 3.88. The molecule has 1 fully saturated rings. The molecule has 0 aliphatic carbocycles. The average molecular weight is 295 g/mol. The number of hydrogen-bond donors (Lipinski definition) is 0. The number of ether oxygens (including phenoxy) is 1. The van der Waals surface area contributed by atoms with Gasteiger partial charge in [-0.05, 0) is 37.2 Å². The fourth-order valence-electron chi connectivity index (χ4n) is 2.36. The Labute approximate surface area is 126 Å². The Kier molecular flexibility index (Phi) is 5.89. The van der Waals surface area contributed by atoms with E-state index in [0.29, 0.717) is 0 Å². The first-order valence-corrected chi connectivity index (χ1v) is 7.50. The van der Waals surface area contributed by atoms with E-state index in [9.17, 15) is 0 Å². The van der Waals surface area contributed by atoms with E-state index in [1.54, 1.807) is 0 Å². The summed E-state index contributed by atoms with van der Waals surface area (Å²) >= 11 is 6.02. The highest BCUT2D eigenvalue weighted by Crippen LogP contribution is 2.23. The second kappa shape index (κ2) is 7.67. The van der Waals surface area contributed by atoms with Crippen molar-refractivity contribution in [1.29, 1.82) is 0 Å². The predicted molar refractivity (Wildman–Crippen MR) is 84.8 cm³/mol. The topological polar surface area (TPSA) is 15.7 Å². The molecule has 0 spiro atoms. The van der Waals surface area contributed by atoms with Crippen LogP contribution >= 0.6 is 11.6 Å². The molecule has 1 aliphatic rings. The summed E-state index contributed by atoms with van der Waals surface area (Å²) in [6.07, 6.45) is 2.66. The summed E-state index contributed by atoms with van der Waals surface area (Å²) in [5.74, 6) is 0.920. The van der Waals surface area contributed by atoms with Crippen LogP contribution in [0.3, 0.4) is 0 Å². The van der Waals surface area contributed by atoms with Crippen LogP contribution in [-0.4, -0.2) is 56.2 Å². The average Bonchev–Trinajstić information content (AvgIpc) is 2.44. The number of likely N-dealkylation sites (N-methyl/N-ethyl adjacent to an activating group) is 1. The van der Waals surface area contributed by atoms with Crippen LogP contribution < -0.4 is 4.74 Å². The molecule has 2 rings (SSSR count). The normalized spacial score (nSPS) is 17.1. The molecule has 0 saturated carbocycles. The van der Waals surface area contributed by atoms with Crippen molar-refractivity contribution in [2.24, 2.45) is 0 Å². The van der Waals surface area contributed by atoms with Gasteiger partial charge in [-0.15, -0.1) is 6.58 Å². The first-order valence-electron chi connectivity index (χ1n) is 7.12. The Morgan fingerprint density at radius 2 is 2.05 bits per heavy atom. The van der Waals surface area contributed by atoms with Crippen LogP contribution in [0.2, 0.25) is 5.02 Å². The second-order valence-electron chi connectivity index (χ2n) is 5.24. The van der Waals surface area contributed by atoms with E-state index in [0.717, 1.165) is 62.1 Å². The third-order valence-electron chi connectivity index (χ3n) is 3.65. The van der Waals surface area contributed by atoms with E-state index in [1.807, 2.05) is 24.3 Å². The monoisotopic (exact) mass is 294 g/mol. The molecule has 0 amide bonds. The summed E-state index contributed by atoms with van der Waals surface area (Å²) in [6, 6.07) is 5.78. The van der Waals surface area contributed by atoms with E-state index in [-0.39, 0.29) is 0 Å². The number of benzene rings is 1. The van der Waals surface area contributed by atoms with Gasteiger partial charge in [0.25, 0.3) is 0 Å². The molecule has 1 aliphatic heterocycles. The number of piperazine rings is 1. The summed E-state index contributed by atoms with van der Waals surface area (Å²) in [4.78, 5) is 4.81. The lowest BCUT2D eigenvalue weighted by Crippen LogP contribution is -2.45. The third kappa shape index (κ3) is 4.51. The zero-order valence-corrected chi connectivity index (χ0v) is 12.9. The van der Waals surface area contributed by atoms with Crippen molar-refractivity contribution in [3.63, 3.8) is 0 Å². The predicted octanol–water partition coefficient (Wildman–Crippen LogP) is 2.69. The Bertz CT molecular complexity index is 442. The molecular weight excluding hydrogens is 272 g/mol. The van der Waals surface area contributed by atoms with E-state index in [4.69, 9.17) is 16.3 Å². The number of allylic oxidation sites excluding steroid dienone is 1. The first-order chi connectivity index (χ1) is 9.69. The van der Waals surface area contributed by atoms with Gasteiger partial charge in [0, 0.05) is 37.7 Å². The summed E-state index contributed by atoms with van der Waals surface area (Å²) in [7, 11) is 2.17. The summed E-state index contributed by atoms with van der Waals surface area (Å²) < 4.78 is 5.91. The van der Waals surface area contributed by atoms with Gasteiger partial charge in [0.2, 0.25) is 0 Å². The van der Waals surface area contributed by atoms with Crippen LogP contribution in [0, 0.1) is 0 Å². The van der Waals surface area contributed by atoms with Crippen molar-refractivity contribution in [3.8, 4) is 5.75 Å². The lowest BCUT2D eigenvalue weighted by molar-refractivity contribution is 0.133. The van der Waals surface area contributed by atoms with Crippen LogP contribution in [0.25, 0.3) is 0 Å². The van der Waals surface area contributed by atoms with Gasteiger partial charge in [-0.1, -0.05) is 17.7 Å². The van der Waals surface area contributed by atoms with Crippen molar-refractivity contribution in [2.45, 2.75) is 6.42 Å². The highest BCUT2D eigenvalue weighted by Gasteiger charge is 2.13. The molecule has 0 bridgehead atoms. The molecule has 20 heavy (non-hydrogen) atoms. The van der Waals surface area contributed by atoms with E-state index < -0.39 is 0 Å². The largest absolute Gasteiger partial charge is 0.492 e. The molecule has 0 N–H and O–H groups in total. The smallest absolute Gasteiger partial charge is 0.122 e.